The molecule has 1 amide bonds. The summed E-state index contributed by atoms with van der Waals surface area (Å²) in [7, 11) is 0. The topological polar surface area (TPSA) is 42.0 Å². The molecule has 5 heteroatoms. The lowest BCUT2D eigenvalue weighted by atomic mass is 10.6. The fourth-order valence-electron chi connectivity index (χ4n) is 0.490. The van der Waals surface area contributed by atoms with E-state index < -0.39 is 0 Å². The second kappa shape index (κ2) is 2.98. The van der Waals surface area contributed by atoms with Gasteiger partial charge < -0.3 is 5.32 Å². The lowest BCUT2D eigenvalue weighted by molar-refractivity contribution is -0.105. The highest BCUT2D eigenvalue weighted by Gasteiger charge is 2.02. The summed E-state index contributed by atoms with van der Waals surface area (Å²) in [4.78, 5) is 13.9. The van der Waals surface area contributed by atoms with Crippen LogP contribution in [0.1, 0.15) is 5.69 Å². The maximum atomic E-state index is 9.91. The number of halogens is 1. The van der Waals surface area contributed by atoms with Crippen molar-refractivity contribution in [2.24, 2.45) is 0 Å². The van der Waals surface area contributed by atoms with Gasteiger partial charge in [-0.2, -0.15) is 0 Å². The van der Waals surface area contributed by atoms with Crippen LogP contribution in [0.2, 0.25) is 4.34 Å². The number of carbonyl (C=O) groups excluding carboxylic acids is 1. The largest absolute Gasteiger partial charge is 0.305 e. The molecule has 1 heterocycles. The summed E-state index contributed by atoms with van der Waals surface area (Å²) in [5, 5.41) is 2.95. The molecular weight excluding hydrogens is 172 g/mol. The average Bonchev–Trinajstić information content (AvgIpc) is 2.14. The minimum Gasteiger partial charge on any atom is -0.305 e. The molecule has 1 rings (SSSR count). The van der Waals surface area contributed by atoms with E-state index >= 15 is 0 Å². The minimum atomic E-state index is 0.539. The van der Waals surface area contributed by atoms with Gasteiger partial charge in [-0.25, -0.2) is 4.98 Å². The Labute approximate surface area is 67.0 Å². The van der Waals surface area contributed by atoms with Crippen LogP contribution in [0.5, 0.6) is 0 Å². The summed E-state index contributed by atoms with van der Waals surface area (Å²) < 4.78 is 0.615. The minimum absolute atomic E-state index is 0.539. The van der Waals surface area contributed by atoms with E-state index in [0.717, 1.165) is 5.69 Å². The van der Waals surface area contributed by atoms with Crippen LogP contribution in [0.4, 0.5) is 5.13 Å². The van der Waals surface area contributed by atoms with E-state index in [4.69, 9.17) is 11.6 Å². The first-order valence-electron chi connectivity index (χ1n) is 2.57. The van der Waals surface area contributed by atoms with Gasteiger partial charge in [-0.3, -0.25) is 4.79 Å². The zero-order valence-corrected chi connectivity index (χ0v) is 6.79. The average molecular weight is 177 g/mol. The van der Waals surface area contributed by atoms with Gasteiger partial charge in [-0.1, -0.05) is 22.9 Å². The van der Waals surface area contributed by atoms with E-state index in [1.807, 2.05) is 0 Å². The molecule has 1 aromatic rings. The van der Waals surface area contributed by atoms with E-state index in [1.165, 1.54) is 11.3 Å². The van der Waals surface area contributed by atoms with Gasteiger partial charge in [0.25, 0.3) is 0 Å². The first-order valence-corrected chi connectivity index (χ1v) is 3.76. The Balaban J connectivity index is 2.86. The van der Waals surface area contributed by atoms with Gasteiger partial charge in [0.1, 0.15) is 4.34 Å². The van der Waals surface area contributed by atoms with Crippen LogP contribution in [0.3, 0.4) is 0 Å². The predicted octanol–water partition coefficient (Wildman–Crippen LogP) is 1.67. The SMILES string of the molecule is Cc1nc(NC=O)sc1Cl. The van der Waals surface area contributed by atoms with Crippen LogP contribution >= 0.6 is 22.9 Å². The van der Waals surface area contributed by atoms with E-state index in [9.17, 15) is 4.79 Å². The fraction of sp³-hybridized carbons (Fsp3) is 0.200. The van der Waals surface area contributed by atoms with E-state index in [-0.39, 0.29) is 0 Å². The van der Waals surface area contributed by atoms with Crippen molar-refractivity contribution in [1.29, 1.82) is 0 Å². The first-order chi connectivity index (χ1) is 4.74. The molecule has 1 N–H and O–H groups in total. The van der Waals surface area contributed by atoms with Gasteiger partial charge in [0.2, 0.25) is 6.41 Å². The molecular formula is C5H5ClN2OS. The Morgan fingerprint density at radius 2 is 2.50 bits per heavy atom. The van der Waals surface area contributed by atoms with Gasteiger partial charge in [-0.15, -0.1) is 0 Å². The number of hydrogen-bond acceptors (Lipinski definition) is 3. The highest BCUT2D eigenvalue weighted by Crippen LogP contribution is 2.26. The summed E-state index contributed by atoms with van der Waals surface area (Å²) in [5.74, 6) is 0. The molecule has 0 radical (unpaired) electrons. The van der Waals surface area contributed by atoms with Gasteiger partial charge in [0.15, 0.2) is 5.13 Å². The first kappa shape index (κ1) is 7.50. The normalized spacial score (nSPS) is 9.40. The molecule has 0 saturated heterocycles. The fourth-order valence-corrected chi connectivity index (χ4v) is 1.40. The molecule has 3 nitrogen and oxygen atoms in total. The number of anilines is 1. The molecule has 0 spiro atoms. The lowest BCUT2D eigenvalue weighted by Gasteiger charge is -1.84. The van der Waals surface area contributed by atoms with Crippen molar-refractivity contribution in [3.05, 3.63) is 10.0 Å². The van der Waals surface area contributed by atoms with E-state index in [0.29, 0.717) is 15.9 Å². The third-order valence-corrected chi connectivity index (χ3v) is 2.30. The summed E-state index contributed by atoms with van der Waals surface area (Å²) in [6, 6.07) is 0. The van der Waals surface area contributed by atoms with Crippen LogP contribution in [0.25, 0.3) is 0 Å². The third-order valence-electron chi connectivity index (χ3n) is 0.922. The quantitative estimate of drug-likeness (QED) is 0.697. The standard InChI is InChI=1S/C5H5ClN2OS/c1-3-4(6)10-5(8-3)7-2-9/h2H,1H3,(H,7,8,9). The Hall–Kier alpha value is -0.610. The number of amides is 1. The number of nitrogens with zero attached hydrogens (tertiary/aromatic N) is 1. The number of rotatable bonds is 2. The van der Waals surface area contributed by atoms with Crippen LogP contribution in [0, 0.1) is 6.92 Å². The molecule has 0 aliphatic carbocycles. The number of thiazole rings is 1. The molecule has 0 saturated carbocycles. The van der Waals surface area contributed by atoms with Crippen molar-refractivity contribution >= 4 is 34.5 Å². The highest BCUT2D eigenvalue weighted by molar-refractivity contribution is 7.19. The molecule has 0 fully saturated rings. The zero-order valence-electron chi connectivity index (χ0n) is 5.22. The third kappa shape index (κ3) is 1.46. The van der Waals surface area contributed by atoms with Crippen molar-refractivity contribution in [3.63, 3.8) is 0 Å². The van der Waals surface area contributed by atoms with Gasteiger partial charge in [0.05, 0.1) is 5.69 Å². The number of aryl methyl sites for hydroxylation is 1. The summed E-state index contributed by atoms with van der Waals surface area (Å²) in [5.41, 5.74) is 0.746. The molecule has 0 unspecified atom stereocenters. The van der Waals surface area contributed by atoms with Crippen molar-refractivity contribution in [2.45, 2.75) is 6.92 Å². The Morgan fingerprint density at radius 3 is 2.90 bits per heavy atom. The van der Waals surface area contributed by atoms with Crippen LogP contribution < -0.4 is 5.32 Å². The second-order valence-electron chi connectivity index (χ2n) is 1.64. The number of carbonyl (C=O) groups is 1. The second-order valence-corrected chi connectivity index (χ2v) is 3.24. The Bertz CT molecular complexity index is 228. The van der Waals surface area contributed by atoms with Crippen molar-refractivity contribution in [3.8, 4) is 0 Å². The highest BCUT2D eigenvalue weighted by atomic mass is 35.5. The van der Waals surface area contributed by atoms with Gasteiger partial charge >= 0.3 is 0 Å². The van der Waals surface area contributed by atoms with Crippen molar-refractivity contribution < 1.29 is 4.79 Å². The molecule has 10 heavy (non-hydrogen) atoms. The van der Waals surface area contributed by atoms with Gasteiger partial charge in [-0.05, 0) is 6.92 Å². The molecule has 0 aliphatic heterocycles. The maximum absolute atomic E-state index is 9.91. The van der Waals surface area contributed by atoms with Crippen molar-refractivity contribution in [2.75, 3.05) is 5.32 Å². The Morgan fingerprint density at radius 1 is 1.80 bits per heavy atom. The van der Waals surface area contributed by atoms with E-state index in [2.05, 4.69) is 10.3 Å². The van der Waals surface area contributed by atoms with Crippen LogP contribution in [-0.2, 0) is 4.79 Å². The smallest absolute Gasteiger partial charge is 0.213 e. The maximum Gasteiger partial charge on any atom is 0.213 e. The summed E-state index contributed by atoms with van der Waals surface area (Å²) in [6.45, 7) is 1.79. The summed E-state index contributed by atoms with van der Waals surface area (Å²) >= 11 is 6.92. The molecule has 0 bridgehead atoms. The molecule has 0 atom stereocenters. The molecule has 0 aromatic carbocycles. The van der Waals surface area contributed by atoms with Crippen molar-refractivity contribution in [1.82, 2.24) is 4.98 Å². The Kier molecular flexibility index (Phi) is 2.24. The lowest BCUT2D eigenvalue weighted by Crippen LogP contribution is -1.91. The van der Waals surface area contributed by atoms with Gasteiger partial charge in [0, 0.05) is 0 Å². The van der Waals surface area contributed by atoms with E-state index in [1.54, 1.807) is 6.92 Å². The number of hydrogen-bond donors (Lipinski definition) is 1. The van der Waals surface area contributed by atoms with Crippen LogP contribution in [0.15, 0.2) is 0 Å². The summed E-state index contributed by atoms with van der Waals surface area (Å²) in [6.07, 6.45) is 0.578. The van der Waals surface area contributed by atoms with Crippen LogP contribution in [-0.4, -0.2) is 11.4 Å². The molecule has 1 aromatic heterocycles. The predicted molar refractivity (Wildman–Crippen MR) is 41.5 cm³/mol. The molecule has 0 aliphatic rings. The monoisotopic (exact) mass is 176 g/mol. The number of aromatic nitrogens is 1. The number of nitrogens with one attached hydrogen (secondary N) is 1. The zero-order chi connectivity index (χ0) is 7.56. The molecule has 54 valence electrons.